The molecule has 8 nitrogen and oxygen atoms in total. The van der Waals surface area contributed by atoms with E-state index in [0.717, 1.165) is 25.7 Å². The van der Waals surface area contributed by atoms with Gasteiger partial charge in [0.05, 0.1) is 29.7 Å². The minimum absolute atomic E-state index is 0.0349. The van der Waals surface area contributed by atoms with E-state index in [0.29, 0.717) is 12.2 Å². The second-order valence-corrected chi connectivity index (χ2v) is 6.87. The van der Waals surface area contributed by atoms with Crippen LogP contribution in [-0.4, -0.2) is 41.3 Å². The number of ether oxygens (including phenoxy) is 1. The molecule has 2 amide bonds. The SMILES string of the molecule is COc1cc([N+](=O)[O-])ccc1NC(=O)C1CC(=O)N(C2CCCCC2)C1. The van der Waals surface area contributed by atoms with Crippen LogP contribution in [0, 0.1) is 16.0 Å². The molecule has 0 bridgehead atoms. The lowest BCUT2D eigenvalue weighted by Crippen LogP contribution is -2.38. The summed E-state index contributed by atoms with van der Waals surface area (Å²) in [6.07, 6.45) is 5.70. The molecule has 1 atom stereocenters. The number of carbonyl (C=O) groups excluding carboxylic acids is 2. The molecule has 1 N–H and O–H groups in total. The Morgan fingerprint density at radius 2 is 2.04 bits per heavy atom. The number of carbonyl (C=O) groups is 2. The van der Waals surface area contributed by atoms with Crippen molar-refractivity contribution in [3.05, 3.63) is 28.3 Å². The van der Waals surface area contributed by atoms with Crippen LogP contribution in [-0.2, 0) is 9.59 Å². The molecule has 0 radical (unpaired) electrons. The van der Waals surface area contributed by atoms with Gasteiger partial charge in [-0.1, -0.05) is 19.3 Å². The largest absolute Gasteiger partial charge is 0.494 e. The van der Waals surface area contributed by atoms with Gasteiger partial charge in [0.1, 0.15) is 5.75 Å². The molecule has 8 heteroatoms. The number of hydrogen-bond acceptors (Lipinski definition) is 5. The van der Waals surface area contributed by atoms with Crippen LogP contribution in [0.3, 0.4) is 0 Å². The Labute approximate surface area is 151 Å². The van der Waals surface area contributed by atoms with E-state index in [2.05, 4.69) is 5.32 Å². The lowest BCUT2D eigenvalue weighted by Gasteiger charge is -2.31. The van der Waals surface area contributed by atoms with E-state index in [1.54, 1.807) is 0 Å². The molecule has 140 valence electrons. The number of nitro benzene ring substituents is 1. The summed E-state index contributed by atoms with van der Waals surface area (Å²) in [6.45, 7) is 0.435. The van der Waals surface area contributed by atoms with Crippen LogP contribution >= 0.6 is 0 Å². The van der Waals surface area contributed by atoms with Gasteiger partial charge in [-0.25, -0.2) is 0 Å². The molecule has 2 aliphatic rings. The first-order chi connectivity index (χ1) is 12.5. The maximum atomic E-state index is 12.6. The van der Waals surface area contributed by atoms with E-state index in [-0.39, 0.29) is 35.7 Å². The van der Waals surface area contributed by atoms with E-state index in [1.165, 1.54) is 31.7 Å². The monoisotopic (exact) mass is 361 g/mol. The third-order valence-corrected chi connectivity index (χ3v) is 5.20. The fourth-order valence-electron chi connectivity index (χ4n) is 3.78. The number of non-ortho nitro benzene ring substituents is 1. The van der Waals surface area contributed by atoms with Crippen LogP contribution in [0.5, 0.6) is 5.75 Å². The zero-order chi connectivity index (χ0) is 18.7. The number of benzene rings is 1. The molecular weight excluding hydrogens is 338 g/mol. The summed E-state index contributed by atoms with van der Waals surface area (Å²) >= 11 is 0. The van der Waals surface area contributed by atoms with Gasteiger partial charge in [0.15, 0.2) is 0 Å². The minimum Gasteiger partial charge on any atom is -0.494 e. The lowest BCUT2D eigenvalue weighted by atomic mass is 9.94. The highest BCUT2D eigenvalue weighted by Crippen LogP contribution is 2.32. The van der Waals surface area contributed by atoms with Crippen LogP contribution in [0.4, 0.5) is 11.4 Å². The van der Waals surface area contributed by atoms with Crippen molar-refractivity contribution in [1.29, 1.82) is 0 Å². The Bertz CT molecular complexity index is 715. The second-order valence-electron chi connectivity index (χ2n) is 6.87. The maximum Gasteiger partial charge on any atom is 0.273 e. The van der Waals surface area contributed by atoms with Gasteiger partial charge in [-0.05, 0) is 18.9 Å². The number of nitrogens with one attached hydrogen (secondary N) is 1. The Balaban J connectivity index is 1.67. The number of nitrogens with zero attached hydrogens (tertiary/aromatic N) is 2. The number of rotatable bonds is 5. The highest BCUT2D eigenvalue weighted by molar-refractivity contribution is 5.98. The molecule has 0 aromatic heterocycles. The Hall–Kier alpha value is -2.64. The van der Waals surface area contributed by atoms with Crippen molar-refractivity contribution in [1.82, 2.24) is 4.90 Å². The van der Waals surface area contributed by atoms with E-state index in [9.17, 15) is 19.7 Å². The summed E-state index contributed by atoms with van der Waals surface area (Å²) < 4.78 is 5.14. The van der Waals surface area contributed by atoms with Crippen molar-refractivity contribution >= 4 is 23.2 Å². The van der Waals surface area contributed by atoms with Crippen molar-refractivity contribution < 1.29 is 19.2 Å². The third-order valence-electron chi connectivity index (χ3n) is 5.20. The Morgan fingerprint density at radius 3 is 2.69 bits per heavy atom. The van der Waals surface area contributed by atoms with Gasteiger partial charge in [-0.3, -0.25) is 19.7 Å². The second kappa shape index (κ2) is 7.72. The zero-order valence-electron chi connectivity index (χ0n) is 14.8. The van der Waals surface area contributed by atoms with Crippen LogP contribution in [0.1, 0.15) is 38.5 Å². The molecule has 2 fully saturated rings. The fourth-order valence-corrected chi connectivity index (χ4v) is 3.78. The topological polar surface area (TPSA) is 102 Å². The smallest absolute Gasteiger partial charge is 0.273 e. The summed E-state index contributed by atoms with van der Waals surface area (Å²) in [6, 6.07) is 4.28. The van der Waals surface area contributed by atoms with Gasteiger partial charge in [-0.15, -0.1) is 0 Å². The molecule has 1 aliphatic carbocycles. The number of nitro groups is 1. The normalized spacial score (nSPS) is 20.9. The molecule has 1 saturated heterocycles. The van der Waals surface area contributed by atoms with Crippen molar-refractivity contribution in [2.75, 3.05) is 19.0 Å². The van der Waals surface area contributed by atoms with E-state index >= 15 is 0 Å². The maximum absolute atomic E-state index is 12.6. The lowest BCUT2D eigenvalue weighted by molar-refractivity contribution is -0.384. The van der Waals surface area contributed by atoms with Gasteiger partial charge in [0.25, 0.3) is 5.69 Å². The first-order valence-corrected chi connectivity index (χ1v) is 8.92. The molecule has 26 heavy (non-hydrogen) atoms. The average molecular weight is 361 g/mol. The number of likely N-dealkylation sites (tertiary alicyclic amines) is 1. The molecule has 0 spiro atoms. The van der Waals surface area contributed by atoms with Gasteiger partial charge in [0.2, 0.25) is 11.8 Å². The standard InChI is InChI=1S/C18H23N3O5/c1-26-16-10-14(21(24)25)7-8-15(16)19-18(23)12-9-17(22)20(11-12)13-5-3-2-4-6-13/h7-8,10,12-13H,2-6,9,11H2,1H3,(H,19,23). The summed E-state index contributed by atoms with van der Waals surface area (Å²) in [5, 5.41) is 13.6. The number of methoxy groups -OCH3 is 1. The molecule has 1 aliphatic heterocycles. The van der Waals surface area contributed by atoms with Crippen molar-refractivity contribution in [2.45, 2.75) is 44.6 Å². The quantitative estimate of drug-likeness (QED) is 0.642. The Kier molecular flexibility index (Phi) is 5.39. The predicted octanol–water partition coefficient (Wildman–Crippen LogP) is 2.72. The summed E-state index contributed by atoms with van der Waals surface area (Å²) in [4.78, 5) is 37.1. The van der Waals surface area contributed by atoms with Crippen molar-refractivity contribution in [2.24, 2.45) is 5.92 Å². The molecule has 1 heterocycles. The van der Waals surface area contributed by atoms with Crippen molar-refractivity contribution in [3.63, 3.8) is 0 Å². The van der Waals surface area contributed by atoms with Crippen LogP contribution < -0.4 is 10.1 Å². The van der Waals surface area contributed by atoms with Crippen LogP contribution in [0.25, 0.3) is 0 Å². The Morgan fingerprint density at radius 1 is 1.31 bits per heavy atom. The number of hydrogen-bond donors (Lipinski definition) is 1. The highest BCUT2D eigenvalue weighted by atomic mass is 16.6. The van der Waals surface area contributed by atoms with Crippen LogP contribution in [0.15, 0.2) is 18.2 Å². The molecular formula is C18H23N3O5. The average Bonchev–Trinajstić information content (AvgIpc) is 3.04. The fraction of sp³-hybridized carbons (Fsp3) is 0.556. The molecule has 1 aromatic rings. The first-order valence-electron chi connectivity index (χ1n) is 8.92. The third kappa shape index (κ3) is 3.79. The molecule has 3 rings (SSSR count). The first kappa shape index (κ1) is 18.2. The summed E-state index contributed by atoms with van der Waals surface area (Å²) in [7, 11) is 1.39. The van der Waals surface area contributed by atoms with E-state index in [1.807, 2.05) is 4.90 Å². The van der Waals surface area contributed by atoms with E-state index in [4.69, 9.17) is 4.74 Å². The number of anilines is 1. The summed E-state index contributed by atoms with van der Waals surface area (Å²) in [5.74, 6) is -0.415. The molecule has 1 saturated carbocycles. The van der Waals surface area contributed by atoms with Crippen LogP contribution in [0.2, 0.25) is 0 Å². The van der Waals surface area contributed by atoms with Gasteiger partial charge < -0.3 is 15.0 Å². The van der Waals surface area contributed by atoms with E-state index < -0.39 is 10.8 Å². The highest BCUT2D eigenvalue weighted by Gasteiger charge is 2.38. The van der Waals surface area contributed by atoms with Gasteiger partial charge in [-0.2, -0.15) is 0 Å². The van der Waals surface area contributed by atoms with Crippen molar-refractivity contribution in [3.8, 4) is 5.75 Å². The van der Waals surface area contributed by atoms with Gasteiger partial charge >= 0.3 is 0 Å². The molecule has 1 unspecified atom stereocenters. The van der Waals surface area contributed by atoms with Gasteiger partial charge in [0, 0.05) is 25.1 Å². The molecule has 1 aromatic carbocycles. The zero-order valence-corrected chi connectivity index (χ0v) is 14.8. The minimum atomic E-state index is -0.522. The predicted molar refractivity (Wildman–Crippen MR) is 95.0 cm³/mol. The summed E-state index contributed by atoms with van der Waals surface area (Å²) in [5.41, 5.74) is 0.256. The number of amides is 2.